The van der Waals surface area contributed by atoms with Crippen LogP contribution in [0.5, 0.6) is 0 Å². The van der Waals surface area contributed by atoms with Gasteiger partial charge in [0.05, 0.1) is 0 Å². The molecular formula is C16H30N2O. The summed E-state index contributed by atoms with van der Waals surface area (Å²) in [5.41, 5.74) is -0.230. The molecule has 1 N–H and O–H groups in total. The fourth-order valence-corrected chi connectivity index (χ4v) is 3.12. The van der Waals surface area contributed by atoms with Crippen molar-refractivity contribution < 1.29 is 4.79 Å². The number of carbonyl (C=O) groups is 1. The lowest BCUT2D eigenvalue weighted by Gasteiger charge is -2.41. The highest BCUT2D eigenvalue weighted by Gasteiger charge is 2.41. The SMILES string of the molecule is CC(C)N(CC1CC1)C(=O)C(C)(C)C1CCCNC1. The van der Waals surface area contributed by atoms with E-state index in [4.69, 9.17) is 0 Å². The van der Waals surface area contributed by atoms with Crippen LogP contribution in [0.2, 0.25) is 0 Å². The highest BCUT2D eigenvalue weighted by atomic mass is 16.2. The van der Waals surface area contributed by atoms with Gasteiger partial charge in [0.25, 0.3) is 0 Å². The molecule has 3 nitrogen and oxygen atoms in total. The Hall–Kier alpha value is -0.570. The molecule has 1 aliphatic carbocycles. The predicted octanol–water partition coefficient (Wildman–Crippen LogP) is 2.66. The van der Waals surface area contributed by atoms with Crippen molar-refractivity contribution in [1.29, 1.82) is 0 Å². The van der Waals surface area contributed by atoms with Crippen molar-refractivity contribution in [3.63, 3.8) is 0 Å². The van der Waals surface area contributed by atoms with E-state index in [1.54, 1.807) is 0 Å². The van der Waals surface area contributed by atoms with E-state index in [9.17, 15) is 4.79 Å². The van der Waals surface area contributed by atoms with Gasteiger partial charge in [-0.2, -0.15) is 0 Å². The molecule has 1 heterocycles. The van der Waals surface area contributed by atoms with Gasteiger partial charge in [-0.3, -0.25) is 4.79 Å². The first-order valence-electron chi connectivity index (χ1n) is 7.94. The number of piperidine rings is 1. The summed E-state index contributed by atoms with van der Waals surface area (Å²) in [7, 11) is 0. The van der Waals surface area contributed by atoms with Gasteiger partial charge in [-0.1, -0.05) is 13.8 Å². The minimum absolute atomic E-state index is 0.230. The molecule has 1 aliphatic heterocycles. The smallest absolute Gasteiger partial charge is 0.228 e. The summed E-state index contributed by atoms with van der Waals surface area (Å²) < 4.78 is 0. The van der Waals surface area contributed by atoms with Crippen molar-refractivity contribution in [3.05, 3.63) is 0 Å². The normalized spacial score (nSPS) is 24.6. The van der Waals surface area contributed by atoms with E-state index in [0.717, 1.165) is 25.6 Å². The summed E-state index contributed by atoms with van der Waals surface area (Å²) in [4.78, 5) is 15.1. The summed E-state index contributed by atoms with van der Waals surface area (Å²) in [5.74, 6) is 1.61. The predicted molar refractivity (Wildman–Crippen MR) is 78.9 cm³/mol. The van der Waals surface area contributed by atoms with Crippen molar-refractivity contribution in [2.75, 3.05) is 19.6 Å². The Balaban J connectivity index is 2.04. The molecule has 1 atom stereocenters. The van der Waals surface area contributed by atoms with Gasteiger partial charge in [-0.25, -0.2) is 0 Å². The molecular weight excluding hydrogens is 236 g/mol. The van der Waals surface area contributed by atoms with Crippen LogP contribution in [0.1, 0.15) is 53.4 Å². The van der Waals surface area contributed by atoms with E-state index >= 15 is 0 Å². The summed E-state index contributed by atoms with van der Waals surface area (Å²) in [6, 6.07) is 0.323. The van der Waals surface area contributed by atoms with E-state index < -0.39 is 0 Å². The fraction of sp³-hybridized carbons (Fsp3) is 0.938. The van der Waals surface area contributed by atoms with Gasteiger partial charge in [-0.05, 0) is 64.5 Å². The van der Waals surface area contributed by atoms with E-state index in [-0.39, 0.29) is 5.41 Å². The first-order valence-corrected chi connectivity index (χ1v) is 7.94. The van der Waals surface area contributed by atoms with Gasteiger partial charge in [0.1, 0.15) is 0 Å². The fourth-order valence-electron chi connectivity index (χ4n) is 3.12. The highest BCUT2D eigenvalue weighted by Crippen LogP contribution is 2.36. The Kier molecular flexibility index (Phi) is 4.54. The third-order valence-electron chi connectivity index (χ3n) is 4.90. The number of rotatable bonds is 5. The summed E-state index contributed by atoms with van der Waals surface area (Å²) in [6.45, 7) is 11.7. The van der Waals surface area contributed by atoms with Gasteiger partial charge >= 0.3 is 0 Å². The maximum absolute atomic E-state index is 13.0. The van der Waals surface area contributed by atoms with Crippen LogP contribution in [0.3, 0.4) is 0 Å². The first kappa shape index (κ1) is 14.8. The van der Waals surface area contributed by atoms with Gasteiger partial charge < -0.3 is 10.2 Å². The van der Waals surface area contributed by atoms with E-state index in [1.807, 2.05) is 0 Å². The monoisotopic (exact) mass is 266 g/mol. The van der Waals surface area contributed by atoms with E-state index in [1.165, 1.54) is 25.7 Å². The van der Waals surface area contributed by atoms with Crippen molar-refractivity contribution in [2.45, 2.75) is 59.4 Å². The van der Waals surface area contributed by atoms with Crippen LogP contribution in [0.25, 0.3) is 0 Å². The van der Waals surface area contributed by atoms with Gasteiger partial charge in [0.2, 0.25) is 5.91 Å². The number of hydrogen-bond acceptors (Lipinski definition) is 2. The molecule has 0 bridgehead atoms. The molecule has 1 saturated carbocycles. The number of carbonyl (C=O) groups excluding carboxylic acids is 1. The second kappa shape index (κ2) is 5.82. The van der Waals surface area contributed by atoms with E-state index in [2.05, 4.69) is 37.9 Å². The first-order chi connectivity index (χ1) is 8.93. The van der Waals surface area contributed by atoms with Gasteiger partial charge in [0.15, 0.2) is 0 Å². The zero-order chi connectivity index (χ0) is 14.0. The average molecular weight is 266 g/mol. The van der Waals surface area contributed by atoms with Gasteiger partial charge in [-0.15, -0.1) is 0 Å². The second-order valence-electron chi connectivity index (χ2n) is 7.26. The van der Waals surface area contributed by atoms with Crippen LogP contribution < -0.4 is 5.32 Å². The summed E-state index contributed by atoms with van der Waals surface area (Å²) in [6.07, 6.45) is 5.00. The van der Waals surface area contributed by atoms with Crippen LogP contribution in [-0.2, 0) is 4.79 Å². The van der Waals surface area contributed by atoms with Crippen LogP contribution in [0.15, 0.2) is 0 Å². The molecule has 110 valence electrons. The quantitative estimate of drug-likeness (QED) is 0.829. The van der Waals surface area contributed by atoms with Crippen LogP contribution in [0, 0.1) is 17.3 Å². The molecule has 1 saturated heterocycles. The molecule has 2 aliphatic rings. The van der Waals surface area contributed by atoms with Crippen LogP contribution in [-0.4, -0.2) is 36.5 Å². The van der Waals surface area contributed by atoms with Crippen LogP contribution >= 0.6 is 0 Å². The number of nitrogens with zero attached hydrogens (tertiary/aromatic N) is 1. The van der Waals surface area contributed by atoms with Crippen molar-refractivity contribution in [1.82, 2.24) is 10.2 Å². The number of hydrogen-bond donors (Lipinski definition) is 1. The lowest BCUT2D eigenvalue weighted by molar-refractivity contribution is -0.146. The number of nitrogens with one attached hydrogen (secondary N) is 1. The van der Waals surface area contributed by atoms with Gasteiger partial charge in [0, 0.05) is 18.0 Å². The lowest BCUT2D eigenvalue weighted by Crippen LogP contribution is -2.51. The zero-order valence-corrected chi connectivity index (χ0v) is 13.0. The minimum atomic E-state index is -0.230. The molecule has 3 heteroatoms. The molecule has 0 radical (unpaired) electrons. The molecule has 2 rings (SSSR count). The molecule has 1 amide bonds. The maximum atomic E-state index is 13.0. The van der Waals surface area contributed by atoms with Crippen molar-refractivity contribution >= 4 is 5.91 Å². The number of amides is 1. The standard InChI is InChI=1S/C16H30N2O/c1-12(2)18(11-13-7-8-13)15(19)16(3,4)14-6-5-9-17-10-14/h12-14,17H,5-11H2,1-4H3. The molecule has 1 unspecified atom stereocenters. The summed E-state index contributed by atoms with van der Waals surface area (Å²) in [5, 5.41) is 3.45. The molecule has 0 spiro atoms. The Morgan fingerprint density at radius 3 is 2.47 bits per heavy atom. The lowest BCUT2D eigenvalue weighted by atomic mass is 9.73. The van der Waals surface area contributed by atoms with E-state index in [0.29, 0.717) is 17.9 Å². The maximum Gasteiger partial charge on any atom is 0.228 e. The molecule has 0 aromatic rings. The third-order valence-corrected chi connectivity index (χ3v) is 4.90. The third kappa shape index (κ3) is 3.50. The largest absolute Gasteiger partial charge is 0.340 e. The Morgan fingerprint density at radius 2 is 2.00 bits per heavy atom. The Bertz CT molecular complexity index is 315. The van der Waals surface area contributed by atoms with Crippen molar-refractivity contribution in [3.8, 4) is 0 Å². The Morgan fingerprint density at radius 1 is 1.32 bits per heavy atom. The molecule has 2 fully saturated rings. The zero-order valence-electron chi connectivity index (χ0n) is 13.0. The molecule has 19 heavy (non-hydrogen) atoms. The second-order valence-corrected chi connectivity index (χ2v) is 7.26. The summed E-state index contributed by atoms with van der Waals surface area (Å²) >= 11 is 0. The van der Waals surface area contributed by atoms with Crippen molar-refractivity contribution in [2.24, 2.45) is 17.3 Å². The highest BCUT2D eigenvalue weighted by molar-refractivity contribution is 5.82. The topological polar surface area (TPSA) is 32.3 Å². The average Bonchev–Trinajstić information content (AvgIpc) is 3.20. The minimum Gasteiger partial charge on any atom is -0.340 e. The van der Waals surface area contributed by atoms with Crippen LogP contribution in [0.4, 0.5) is 0 Å². The Labute approximate surface area is 118 Å². The molecule has 0 aromatic carbocycles. The molecule has 0 aromatic heterocycles.